The van der Waals surface area contributed by atoms with Crippen LogP contribution in [0.25, 0.3) is 0 Å². The molecule has 3 aliphatic heterocycles. The summed E-state index contributed by atoms with van der Waals surface area (Å²) >= 11 is 0. The molecule has 0 aromatic heterocycles. The van der Waals surface area contributed by atoms with Gasteiger partial charge in [0.25, 0.3) is 5.91 Å². The van der Waals surface area contributed by atoms with Crippen LogP contribution in [0, 0.1) is 5.82 Å². The number of hydrogen-bond acceptors (Lipinski definition) is 6. The van der Waals surface area contributed by atoms with Crippen molar-refractivity contribution in [1.29, 1.82) is 0 Å². The predicted octanol–water partition coefficient (Wildman–Crippen LogP) is 2.53. The van der Waals surface area contributed by atoms with Crippen molar-refractivity contribution in [2.24, 2.45) is 0 Å². The predicted molar refractivity (Wildman–Crippen MR) is 122 cm³/mol. The maximum Gasteiger partial charge on any atom is 0.415 e. The van der Waals surface area contributed by atoms with E-state index in [1.807, 2.05) is 24.3 Å². The fourth-order valence-electron chi connectivity index (χ4n) is 4.72. The summed E-state index contributed by atoms with van der Waals surface area (Å²) in [7, 11) is 0. The molecule has 3 saturated heterocycles. The minimum atomic E-state index is -0.989. The highest BCUT2D eigenvalue weighted by Gasteiger charge is 2.49. The monoisotopic (exact) mass is 469 g/mol. The standard InChI is InChI=1S/C25H28FN3O5/c26-20-5-7-21(8-6-20)29-17-25(34-24(29)31)16-28(11-14-33-18-25)23(30)22-4-2-1-3-19(22)15-27-9-12-32-13-10-27/h1-8H,9-18H2. The number of nitrogens with zero attached hydrogens (tertiary/aromatic N) is 3. The Morgan fingerprint density at radius 1 is 0.941 bits per heavy atom. The molecule has 2 aromatic rings. The van der Waals surface area contributed by atoms with Crippen molar-refractivity contribution >= 4 is 17.7 Å². The highest BCUT2D eigenvalue weighted by atomic mass is 19.1. The molecule has 3 aliphatic rings. The summed E-state index contributed by atoms with van der Waals surface area (Å²) in [5.74, 6) is -0.485. The number of hydrogen-bond donors (Lipinski definition) is 0. The summed E-state index contributed by atoms with van der Waals surface area (Å²) in [6.07, 6.45) is -0.530. The number of anilines is 1. The van der Waals surface area contributed by atoms with Gasteiger partial charge in [0, 0.05) is 37.4 Å². The highest BCUT2D eigenvalue weighted by molar-refractivity contribution is 5.96. The Morgan fingerprint density at radius 3 is 2.47 bits per heavy atom. The average Bonchev–Trinajstić information content (AvgIpc) is 3.03. The third kappa shape index (κ3) is 4.77. The molecule has 1 atom stereocenters. The summed E-state index contributed by atoms with van der Waals surface area (Å²) in [4.78, 5) is 31.8. The Labute approximate surface area is 197 Å². The van der Waals surface area contributed by atoms with Crippen LogP contribution in [0.5, 0.6) is 0 Å². The number of morpholine rings is 1. The molecule has 0 N–H and O–H groups in total. The molecule has 34 heavy (non-hydrogen) atoms. The van der Waals surface area contributed by atoms with Gasteiger partial charge in [-0.2, -0.15) is 0 Å². The van der Waals surface area contributed by atoms with Crippen molar-refractivity contribution in [3.05, 3.63) is 65.5 Å². The van der Waals surface area contributed by atoms with Crippen LogP contribution in [-0.2, 0) is 20.8 Å². The SMILES string of the molecule is O=C(c1ccccc1CN1CCOCC1)N1CCOCC2(C1)CN(c1ccc(F)cc1)C(=O)O2. The van der Waals surface area contributed by atoms with Gasteiger partial charge in [0.15, 0.2) is 5.60 Å². The molecule has 0 saturated carbocycles. The lowest BCUT2D eigenvalue weighted by Gasteiger charge is -2.31. The Morgan fingerprint density at radius 2 is 1.68 bits per heavy atom. The van der Waals surface area contributed by atoms with E-state index in [9.17, 15) is 14.0 Å². The van der Waals surface area contributed by atoms with E-state index in [0.29, 0.717) is 44.2 Å². The van der Waals surface area contributed by atoms with Crippen LogP contribution in [0.15, 0.2) is 48.5 Å². The third-order valence-electron chi connectivity index (χ3n) is 6.49. The Balaban J connectivity index is 1.34. The Kier molecular flexibility index (Phi) is 6.49. The van der Waals surface area contributed by atoms with E-state index in [1.54, 1.807) is 4.90 Å². The van der Waals surface area contributed by atoms with Gasteiger partial charge >= 0.3 is 6.09 Å². The van der Waals surface area contributed by atoms with Gasteiger partial charge in [0.05, 0.1) is 39.5 Å². The van der Waals surface area contributed by atoms with E-state index in [2.05, 4.69) is 4.90 Å². The summed E-state index contributed by atoms with van der Waals surface area (Å²) in [5, 5.41) is 0. The minimum Gasteiger partial charge on any atom is -0.436 e. The maximum atomic E-state index is 13.7. The van der Waals surface area contributed by atoms with Crippen molar-refractivity contribution < 1.29 is 28.2 Å². The summed E-state index contributed by atoms with van der Waals surface area (Å²) in [6, 6.07) is 13.3. The number of carbonyl (C=O) groups excluding carboxylic acids is 2. The number of amides is 2. The van der Waals surface area contributed by atoms with E-state index in [1.165, 1.54) is 29.2 Å². The summed E-state index contributed by atoms with van der Waals surface area (Å²) < 4.78 is 30.3. The van der Waals surface area contributed by atoms with Crippen molar-refractivity contribution in [3.63, 3.8) is 0 Å². The smallest absolute Gasteiger partial charge is 0.415 e. The van der Waals surface area contributed by atoms with Crippen LogP contribution in [0.1, 0.15) is 15.9 Å². The van der Waals surface area contributed by atoms with E-state index in [4.69, 9.17) is 14.2 Å². The second-order valence-corrected chi connectivity index (χ2v) is 8.94. The van der Waals surface area contributed by atoms with Crippen LogP contribution in [0.2, 0.25) is 0 Å². The van der Waals surface area contributed by atoms with Crippen molar-refractivity contribution in [1.82, 2.24) is 9.80 Å². The molecular weight excluding hydrogens is 441 g/mol. The zero-order chi connectivity index (χ0) is 23.5. The topological polar surface area (TPSA) is 71.6 Å². The number of halogens is 1. The molecule has 0 bridgehead atoms. The summed E-state index contributed by atoms with van der Waals surface area (Å²) in [6.45, 7) is 5.11. The number of benzene rings is 2. The van der Waals surface area contributed by atoms with E-state index in [0.717, 1.165) is 18.7 Å². The largest absolute Gasteiger partial charge is 0.436 e. The molecule has 1 spiro atoms. The van der Waals surface area contributed by atoms with Gasteiger partial charge < -0.3 is 19.1 Å². The van der Waals surface area contributed by atoms with E-state index >= 15 is 0 Å². The molecule has 3 heterocycles. The fourth-order valence-corrected chi connectivity index (χ4v) is 4.72. The summed E-state index contributed by atoms with van der Waals surface area (Å²) in [5.41, 5.74) is 1.16. The van der Waals surface area contributed by atoms with Crippen LogP contribution in [-0.4, -0.2) is 86.6 Å². The molecule has 0 aliphatic carbocycles. The van der Waals surface area contributed by atoms with Gasteiger partial charge in [0.2, 0.25) is 0 Å². The Hall–Kier alpha value is -3.01. The van der Waals surface area contributed by atoms with Gasteiger partial charge in [-0.25, -0.2) is 9.18 Å². The van der Waals surface area contributed by atoms with Crippen molar-refractivity contribution in [2.45, 2.75) is 12.1 Å². The highest BCUT2D eigenvalue weighted by Crippen LogP contribution is 2.31. The average molecular weight is 470 g/mol. The first-order valence-corrected chi connectivity index (χ1v) is 11.5. The molecule has 0 radical (unpaired) electrons. The number of carbonyl (C=O) groups is 2. The molecule has 2 amide bonds. The molecule has 5 rings (SSSR count). The second-order valence-electron chi connectivity index (χ2n) is 8.94. The van der Waals surface area contributed by atoms with Crippen LogP contribution in [0.4, 0.5) is 14.9 Å². The lowest BCUT2D eigenvalue weighted by atomic mass is 10.0. The van der Waals surface area contributed by atoms with Gasteiger partial charge in [-0.1, -0.05) is 18.2 Å². The first kappa shape index (κ1) is 22.8. The fraction of sp³-hybridized carbons (Fsp3) is 0.440. The number of ether oxygens (including phenoxy) is 3. The molecule has 180 valence electrons. The molecule has 2 aromatic carbocycles. The second kappa shape index (κ2) is 9.69. The van der Waals surface area contributed by atoms with Crippen LogP contribution >= 0.6 is 0 Å². The van der Waals surface area contributed by atoms with Gasteiger partial charge in [-0.05, 0) is 35.9 Å². The first-order chi connectivity index (χ1) is 16.5. The maximum absolute atomic E-state index is 13.7. The van der Waals surface area contributed by atoms with Crippen molar-refractivity contribution in [2.75, 3.05) is 64.1 Å². The lowest BCUT2D eigenvalue weighted by Crippen LogP contribution is -2.49. The molecule has 9 heteroatoms. The van der Waals surface area contributed by atoms with Crippen LogP contribution in [0.3, 0.4) is 0 Å². The minimum absolute atomic E-state index is 0.106. The zero-order valence-electron chi connectivity index (χ0n) is 19.0. The zero-order valence-corrected chi connectivity index (χ0v) is 19.0. The molecule has 1 unspecified atom stereocenters. The quantitative estimate of drug-likeness (QED) is 0.686. The van der Waals surface area contributed by atoms with E-state index in [-0.39, 0.29) is 31.4 Å². The Bertz CT molecular complexity index is 1040. The van der Waals surface area contributed by atoms with E-state index < -0.39 is 11.7 Å². The van der Waals surface area contributed by atoms with Gasteiger partial charge in [0.1, 0.15) is 5.82 Å². The molecule has 3 fully saturated rings. The normalized spacial score (nSPS) is 23.7. The number of rotatable bonds is 4. The van der Waals surface area contributed by atoms with Crippen LogP contribution < -0.4 is 4.90 Å². The first-order valence-electron chi connectivity index (χ1n) is 11.5. The third-order valence-corrected chi connectivity index (χ3v) is 6.49. The molecular formula is C25H28FN3O5. The lowest BCUT2D eigenvalue weighted by molar-refractivity contribution is -0.0140. The molecule has 8 nitrogen and oxygen atoms in total. The van der Waals surface area contributed by atoms with Gasteiger partial charge in [-0.3, -0.25) is 14.6 Å². The van der Waals surface area contributed by atoms with Gasteiger partial charge in [-0.15, -0.1) is 0 Å². The van der Waals surface area contributed by atoms with Crippen molar-refractivity contribution in [3.8, 4) is 0 Å².